The molecule has 230 valence electrons. The number of rotatable bonds is 3. The summed E-state index contributed by atoms with van der Waals surface area (Å²) in [5.41, 5.74) is 17.2. The third-order valence-corrected chi connectivity index (χ3v) is 9.61. The second kappa shape index (κ2) is 11.4. The Kier molecular flexibility index (Phi) is 7.19. The Morgan fingerprint density at radius 3 is 1.94 bits per heavy atom. The van der Waals surface area contributed by atoms with Crippen LogP contribution in [0.15, 0.2) is 133 Å². The fraction of sp³-hybridized carbons (Fsp3) is 0.0732. The number of fused-ring (bicyclic) bond motifs is 11. The molecule has 0 aliphatic carbocycles. The maximum atomic E-state index is 4.73. The summed E-state index contributed by atoms with van der Waals surface area (Å²) in [4.78, 5) is 11.7. The molecular weight excluding hydrogens is 754 g/mol. The molecule has 0 spiro atoms. The van der Waals surface area contributed by atoms with Crippen LogP contribution in [-0.4, -0.2) is 11.8 Å². The van der Waals surface area contributed by atoms with Gasteiger partial charge < -0.3 is 19.6 Å². The van der Waals surface area contributed by atoms with Crippen molar-refractivity contribution in [2.45, 2.75) is 20.8 Å². The number of aromatic nitrogens is 1. The molecule has 0 N–H and O–H groups in total. The van der Waals surface area contributed by atoms with Gasteiger partial charge in [-0.3, -0.25) is 0 Å². The van der Waals surface area contributed by atoms with Gasteiger partial charge in [0.25, 0.3) is 6.85 Å². The van der Waals surface area contributed by atoms with Gasteiger partial charge >= 0.3 is 0 Å². The van der Waals surface area contributed by atoms with Crippen molar-refractivity contribution in [3.05, 3.63) is 157 Å². The first-order valence-electron chi connectivity index (χ1n) is 15.8. The van der Waals surface area contributed by atoms with Crippen molar-refractivity contribution in [3.8, 4) is 33.5 Å². The molecule has 3 aliphatic rings. The van der Waals surface area contributed by atoms with Gasteiger partial charge in [-0.15, -0.1) is 58.8 Å². The van der Waals surface area contributed by atoms with Crippen LogP contribution in [0.2, 0.25) is 0 Å². The molecule has 0 fully saturated rings. The van der Waals surface area contributed by atoms with Gasteiger partial charge in [-0.2, -0.15) is 17.6 Å². The van der Waals surface area contributed by atoms with E-state index in [0.29, 0.717) is 0 Å². The van der Waals surface area contributed by atoms with Gasteiger partial charge in [0.2, 0.25) is 0 Å². The minimum absolute atomic E-state index is 0. The van der Waals surface area contributed by atoms with Crippen molar-refractivity contribution in [1.82, 2.24) is 4.98 Å². The second-order valence-corrected chi connectivity index (χ2v) is 12.3. The molecule has 3 aliphatic heterocycles. The zero-order valence-corrected chi connectivity index (χ0v) is 28.6. The SMILES string of the molecule is CC1=C(C)N(c2ccccc2)[CH-]N1c1[c-]c2c(cc1)-c1ccccc1N1B2c2[c-]c(-c3cc(C)ccn3)ccc2-c2ccccc21.[Pt]. The van der Waals surface area contributed by atoms with Gasteiger partial charge in [-0.1, -0.05) is 71.8 Å². The number of aryl methyl sites for hydroxylation is 1. The van der Waals surface area contributed by atoms with Crippen molar-refractivity contribution in [2.24, 2.45) is 0 Å². The smallest absolute Gasteiger partial charge is 0.285 e. The zero-order valence-electron chi connectivity index (χ0n) is 26.3. The molecule has 4 nitrogen and oxygen atoms in total. The molecule has 9 rings (SSSR count). The summed E-state index contributed by atoms with van der Waals surface area (Å²) in [7, 11) is 0. The molecule has 6 heteroatoms. The number of para-hydroxylation sites is 3. The third kappa shape index (κ3) is 4.59. The Labute approximate surface area is 291 Å². The van der Waals surface area contributed by atoms with E-state index in [1.54, 1.807) is 0 Å². The summed E-state index contributed by atoms with van der Waals surface area (Å²) in [6, 6.07) is 49.0. The largest absolute Gasteiger partial charge is 0.497 e. The quantitative estimate of drug-likeness (QED) is 0.133. The summed E-state index contributed by atoms with van der Waals surface area (Å²) in [6.07, 6.45) is 1.88. The van der Waals surface area contributed by atoms with Crippen LogP contribution >= 0.6 is 0 Å². The Balaban J connectivity index is 0.00000324. The molecule has 0 unspecified atom stereocenters. The average molecular weight is 785 g/mol. The van der Waals surface area contributed by atoms with Crippen molar-refractivity contribution < 1.29 is 21.1 Å². The summed E-state index contributed by atoms with van der Waals surface area (Å²) in [5.74, 6) is 0. The van der Waals surface area contributed by atoms with Crippen LogP contribution in [0.3, 0.4) is 0 Å². The normalized spacial score (nSPS) is 14.2. The minimum atomic E-state index is -0.113. The van der Waals surface area contributed by atoms with Crippen LogP contribution in [0.25, 0.3) is 33.5 Å². The molecule has 0 bridgehead atoms. The standard InChI is InChI=1S/C41H30BN4.Pt/c1-27-21-22-43-39(23-27)30-17-19-33-35-13-7-9-15-40(35)46-41-16-10-8-14-36(41)34-20-18-32(25-38(34)42(46)37(33)24-30)45-26-44(28(2)29(45)3)31-11-5-4-6-12-31;/h4-23,26H,1-3H3;/q-3;. The maximum Gasteiger partial charge on any atom is 0.285 e. The molecule has 0 radical (unpaired) electrons. The number of allylic oxidation sites excluding steroid dienone is 2. The van der Waals surface area contributed by atoms with Gasteiger partial charge in [0.1, 0.15) is 0 Å². The van der Waals surface area contributed by atoms with Crippen molar-refractivity contribution in [2.75, 3.05) is 14.6 Å². The zero-order chi connectivity index (χ0) is 30.9. The molecule has 0 saturated carbocycles. The molecule has 6 aromatic rings. The summed E-state index contributed by atoms with van der Waals surface area (Å²) < 4.78 is 0. The third-order valence-electron chi connectivity index (χ3n) is 9.61. The molecule has 0 saturated heterocycles. The molecule has 4 heterocycles. The summed E-state index contributed by atoms with van der Waals surface area (Å²) in [6.45, 7) is 8.55. The van der Waals surface area contributed by atoms with Crippen LogP contribution in [0.5, 0.6) is 0 Å². The number of benzene rings is 5. The second-order valence-electron chi connectivity index (χ2n) is 12.3. The van der Waals surface area contributed by atoms with E-state index in [0.717, 1.165) is 33.6 Å². The molecule has 47 heavy (non-hydrogen) atoms. The fourth-order valence-corrected chi connectivity index (χ4v) is 7.25. The van der Waals surface area contributed by atoms with Gasteiger partial charge in [-0.05, 0) is 62.4 Å². The van der Waals surface area contributed by atoms with E-state index in [1.165, 1.54) is 50.6 Å². The first-order valence-corrected chi connectivity index (χ1v) is 15.8. The van der Waals surface area contributed by atoms with Gasteiger partial charge in [0, 0.05) is 55.7 Å². The van der Waals surface area contributed by atoms with E-state index in [-0.39, 0.29) is 27.9 Å². The minimum Gasteiger partial charge on any atom is -0.497 e. The van der Waals surface area contributed by atoms with Crippen LogP contribution < -0.4 is 25.5 Å². The van der Waals surface area contributed by atoms with Gasteiger partial charge in [-0.25, -0.2) is 0 Å². The monoisotopic (exact) mass is 784 g/mol. The number of nitrogens with zero attached hydrogens (tertiary/aromatic N) is 4. The van der Waals surface area contributed by atoms with Crippen molar-refractivity contribution in [3.63, 3.8) is 0 Å². The van der Waals surface area contributed by atoms with E-state index >= 15 is 0 Å². The predicted molar refractivity (Wildman–Crippen MR) is 191 cm³/mol. The van der Waals surface area contributed by atoms with Gasteiger partial charge in [0.05, 0.1) is 0 Å². The number of hydrogen-bond donors (Lipinski definition) is 0. The van der Waals surface area contributed by atoms with E-state index < -0.39 is 0 Å². The predicted octanol–water partition coefficient (Wildman–Crippen LogP) is 8.26. The number of hydrogen-bond acceptors (Lipinski definition) is 4. The van der Waals surface area contributed by atoms with E-state index in [2.05, 4.69) is 163 Å². The first-order chi connectivity index (χ1) is 22.6. The summed E-state index contributed by atoms with van der Waals surface area (Å²) >= 11 is 0. The first kappa shape index (κ1) is 29.5. The van der Waals surface area contributed by atoms with Crippen LogP contribution in [-0.2, 0) is 21.1 Å². The Hall–Kier alpha value is -4.86. The Morgan fingerprint density at radius 1 is 0.617 bits per heavy atom. The Bertz CT molecular complexity index is 2210. The van der Waals surface area contributed by atoms with E-state index in [4.69, 9.17) is 4.98 Å². The number of pyridine rings is 1. The molecule has 0 atom stereocenters. The van der Waals surface area contributed by atoms with Crippen LogP contribution in [0.1, 0.15) is 19.4 Å². The topological polar surface area (TPSA) is 22.6 Å². The van der Waals surface area contributed by atoms with Crippen LogP contribution in [0.4, 0.5) is 22.7 Å². The van der Waals surface area contributed by atoms with Crippen LogP contribution in [0, 0.1) is 25.7 Å². The number of anilines is 4. The molecule has 0 amide bonds. The Morgan fingerprint density at radius 2 is 1.23 bits per heavy atom. The fourth-order valence-electron chi connectivity index (χ4n) is 7.25. The van der Waals surface area contributed by atoms with Gasteiger partial charge in [0.15, 0.2) is 0 Å². The van der Waals surface area contributed by atoms with Crippen molar-refractivity contribution >= 4 is 40.5 Å². The molecule has 5 aromatic carbocycles. The molecule has 1 aromatic heterocycles. The summed E-state index contributed by atoms with van der Waals surface area (Å²) in [5, 5.41) is 0. The van der Waals surface area contributed by atoms with E-state index in [1.807, 2.05) is 12.3 Å². The van der Waals surface area contributed by atoms with Crippen molar-refractivity contribution in [1.29, 1.82) is 0 Å². The maximum absolute atomic E-state index is 4.73. The molecular formula is C41H30BN4Pt-3. The van der Waals surface area contributed by atoms with E-state index in [9.17, 15) is 0 Å². The average Bonchev–Trinajstić information content (AvgIpc) is 3.41.